The fourth-order valence-electron chi connectivity index (χ4n) is 1.58. The molecular weight excluding hydrogens is 304 g/mol. The van der Waals surface area contributed by atoms with Gasteiger partial charge < -0.3 is 10.6 Å². The third-order valence-electron chi connectivity index (χ3n) is 2.74. The van der Waals surface area contributed by atoms with E-state index in [1.807, 2.05) is 5.32 Å². The van der Waals surface area contributed by atoms with Gasteiger partial charge in [-0.1, -0.05) is 6.92 Å². The van der Waals surface area contributed by atoms with Crippen molar-refractivity contribution in [2.75, 3.05) is 5.32 Å². The molecule has 0 radical (unpaired) electrons. The molecule has 0 atom stereocenters. The molecular formula is C11H11F6N3O. The largest absolute Gasteiger partial charge is 0.420 e. The van der Waals surface area contributed by atoms with E-state index in [-0.39, 0.29) is 5.69 Å². The molecule has 2 amide bonds. The molecule has 4 nitrogen and oxygen atoms in total. The van der Waals surface area contributed by atoms with Gasteiger partial charge >= 0.3 is 18.4 Å². The van der Waals surface area contributed by atoms with Crippen LogP contribution in [0.1, 0.15) is 13.3 Å². The molecule has 0 bridgehead atoms. The number of anilines is 1. The lowest BCUT2D eigenvalue weighted by Crippen LogP contribution is -2.67. The molecule has 1 aromatic rings. The summed E-state index contributed by atoms with van der Waals surface area (Å²) < 4.78 is 76.8. The van der Waals surface area contributed by atoms with Gasteiger partial charge in [-0.15, -0.1) is 0 Å². The highest BCUT2D eigenvalue weighted by Gasteiger charge is 2.70. The zero-order valence-corrected chi connectivity index (χ0v) is 10.6. The Morgan fingerprint density at radius 2 is 1.76 bits per heavy atom. The number of alkyl halides is 6. The first-order valence-corrected chi connectivity index (χ1v) is 5.66. The second-order valence-electron chi connectivity index (χ2n) is 4.08. The normalized spacial score (nSPS) is 12.9. The van der Waals surface area contributed by atoms with Crippen LogP contribution in [-0.2, 0) is 0 Å². The van der Waals surface area contributed by atoms with Crippen molar-refractivity contribution in [3.8, 4) is 0 Å². The van der Waals surface area contributed by atoms with Gasteiger partial charge in [0.25, 0.3) is 0 Å². The van der Waals surface area contributed by atoms with E-state index in [0.29, 0.717) is 6.92 Å². The highest BCUT2D eigenvalue weighted by Crippen LogP contribution is 2.45. The predicted molar refractivity (Wildman–Crippen MR) is 61.5 cm³/mol. The maximum atomic E-state index is 12.8. The Morgan fingerprint density at radius 3 is 2.14 bits per heavy atom. The molecule has 2 N–H and O–H groups in total. The van der Waals surface area contributed by atoms with E-state index in [1.165, 1.54) is 18.3 Å². The Bertz CT molecular complexity index is 471. The first kappa shape index (κ1) is 17.1. The van der Waals surface area contributed by atoms with Gasteiger partial charge in [0, 0.05) is 6.20 Å². The van der Waals surface area contributed by atoms with E-state index in [4.69, 9.17) is 0 Å². The number of amides is 2. The van der Waals surface area contributed by atoms with Crippen molar-refractivity contribution < 1.29 is 31.1 Å². The van der Waals surface area contributed by atoms with Gasteiger partial charge in [0.1, 0.15) is 0 Å². The maximum Gasteiger partial charge on any atom is 0.420 e. The Labute approximate surface area is 115 Å². The van der Waals surface area contributed by atoms with Gasteiger partial charge in [-0.3, -0.25) is 4.98 Å². The van der Waals surface area contributed by atoms with Crippen LogP contribution >= 0.6 is 0 Å². The zero-order valence-electron chi connectivity index (χ0n) is 10.6. The molecule has 0 saturated heterocycles. The third kappa shape index (κ3) is 3.56. The maximum absolute atomic E-state index is 12.8. The molecule has 21 heavy (non-hydrogen) atoms. The Balaban J connectivity index is 3.00. The number of rotatable bonds is 3. The summed E-state index contributed by atoms with van der Waals surface area (Å²) in [7, 11) is 0. The summed E-state index contributed by atoms with van der Waals surface area (Å²) in [5, 5.41) is 2.84. The van der Waals surface area contributed by atoms with Crippen LogP contribution in [0.15, 0.2) is 24.5 Å². The van der Waals surface area contributed by atoms with Crippen LogP contribution in [-0.4, -0.2) is 28.9 Å². The number of halogens is 6. The molecule has 0 spiro atoms. The smallest absolute Gasteiger partial charge is 0.316 e. The van der Waals surface area contributed by atoms with Gasteiger partial charge in [0.15, 0.2) is 0 Å². The lowest BCUT2D eigenvalue weighted by atomic mass is 9.94. The second kappa shape index (κ2) is 5.78. The van der Waals surface area contributed by atoms with Crippen LogP contribution in [0.2, 0.25) is 0 Å². The highest BCUT2D eigenvalue weighted by atomic mass is 19.4. The van der Waals surface area contributed by atoms with Gasteiger partial charge in [-0.05, 0) is 18.6 Å². The third-order valence-corrected chi connectivity index (χ3v) is 2.74. The number of carbonyl (C=O) groups excluding carboxylic acids is 1. The summed E-state index contributed by atoms with van der Waals surface area (Å²) in [6.45, 7) is 0.686. The Kier molecular flexibility index (Phi) is 4.69. The molecule has 0 unspecified atom stereocenters. The van der Waals surface area contributed by atoms with Gasteiger partial charge in [0.05, 0.1) is 11.9 Å². The van der Waals surface area contributed by atoms with Gasteiger partial charge in [-0.2, -0.15) is 26.3 Å². The molecule has 0 aliphatic rings. The van der Waals surface area contributed by atoms with E-state index in [0.717, 1.165) is 11.5 Å². The number of carbonyl (C=O) groups is 1. The number of nitrogens with one attached hydrogen (secondary N) is 2. The van der Waals surface area contributed by atoms with Crippen LogP contribution in [0.25, 0.3) is 0 Å². The monoisotopic (exact) mass is 315 g/mol. The number of urea groups is 1. The fraction of sp³-hybridized carbons (Fsp3) is 0.455. The Morgan fingerprint density at radius 1 is 1.19 bits per heavy atom. The van der Waals surface area contributed by atoms with Crippen molar-refractivity contribution in [3.63, 3.8) is 0 Å². The van der Waals surface area contributed by atoms with Gasteiger partial charge in [-0.25, -0.2) is 4.79 Å². The summed E-state index contributed by atoms with van der Waals surface area (Å²) >= 11 is 0. The van der Waals surface area contributed by atoms with Crippen LogP contribution in [0.5, 0.6) is 0 Å². The minimum atomic E-state index is -5.69. The van der Waals surface area contributed by atoms with Crippen molar-refractivity contribution in [1.29, 1.82) is 0 Å². The van der Waals surface area contributed by atoms with Gasteiger partial charge in [0.2, 0.25) is 5.54 Å². The summed E-state index contributed by atoms with van der Waals surface area (Å²) in [4.78, 5) is 15.0. The van der Waals surface area contributed by atoms with E-state index in [2.05, 4.69) is 4.98 Å². The summed E-state index contributed by atoms with van der Waals surface area (Å²) in [6.07, 6.45) is -10.4. The predicted octanol–water partition coefficient (Wildman–Crippen LogP) is 3.48. The topological polar surface area (TPSA) is 54.0 Å². The molecule has 0 aliphatic heterocycles. The number of hydrogen-bond donors (Lipinski definition) is 2. The number of hydrogen-bond acceptors (Lipinski definition) is 2. The molecule has 0 fully saturated rings. The molecule has 118 valence electrons. The lowest BCUT2D eigenvalue weighted by molar-refractivity contribution is -0.304. The van der Waals surface area contributed by atoms with E-state index in [1.54, 1.807) is 0 Å². The average molecular weight is 315 g/mol. The first-order chi connectivity index (χ1) is 9.53. The molecule has 0 aliphatic carbocycles. The standard InChI is InChI=1S/C11H11F6N3O/c1-2-9(10(12,13)14,11(15,16)17)20-8(21)19-7-4-3-5-18-6-7/h3-6H,2H2,1H3,(H2,19,20,21). The van der Waals surface area contributed by atoms with Crippen molar-refractivity contribution >= 4 is 11.7 Å². The molecule has 0 aromatic carbocycles. The Hall–Kier alpha value is -2.00. The second-order valence-corrected chi connectivity index (χ2v) is 4.08. The van der Waals surface area contributed by atoms with Crippen LogP contribution in [0.4, 0.5) is 36.8 Å². The molecule has 1 aromatic heterocycles. The van der Waals surface area contributed by atoms with Crippen LogP contribution in [0, 0.1) is 0 Å². The number of nitrogens with zero attached hydrogens (tertiary/aromatic N) is 1. The summed E-state index contributed by atoms with van der Waals surface area (Å²) in [6, 6.07) is 0.997. The quantitative estimate of drug-likeness (QED) is 0.839. The minimum absolute atomic E-state index is 0.0376. The SMILES string of the molecule is CCC(NC(=O)Nc1cccnc1)(C(F)(F)F)C(F)(F)F. The molecule has 1 heterocycles. The van der Waals surface area contributed by atoms with E-state index >= 15 is 0 Å². The number of aromatic nitrogens is 1. The minimum Gasteiger partial charge on any atom is -0.316 e. The summed E-state index contributed by atoms with van der Waals surface area (Å²) in [5.74, 6) is 0. The van der Waals surface area contributed by atoms with E-state index in [9.17, 15) is 31.1 Å². The molecule has 0 saturated carbocycles. The highest BCUT2D eigenvalue weighted by molar-refractivity contribution is 5.89. The van der Waals surface area contributed by atoms with Crippen molar-refractivity contribution in [2.45, 2.75) is 31.2 Å². The van der Waals surface area contributed by atoms with Crippen molar-refractivity contribution in [3.05, 3.63) is 24.5 Å². The average Bonchev–Trinajstić information content (AvgIpc) is 2.34. The van der Waals surface area contributed by atoms with Crippen LogP contribution in [0.3, 0.4) is 0 Å². The summed E-state index contributed by atoms with van der Waals surface area (Å²) in [5.41, 5.74) is -4.35. The lowest BCUT2D eigenvalue weighted by Gasteiger charge is -2.37. The van der Waals surface area contributed by atoms with Crippen LogP contribution < -0.4 is 10.6 Å². The van der Waals surface area contributed by atoms with E-state index < -0.39 is 30.3 Å². The zero-order chi connectivity index (χ0) is 16.3. The molecule has 10 heteroatoms. The number of pyridine rings is 1. The van der Waals surface area contributed by atoms with Crippen molar-refractivity contribution in [2.24, 2.45) is 0 Å². The fourth-order valence-corrected chi connectivity index (χ4v) is 1.58. The first-order valence-electron chi connectivity index (χ1n) is 5.66. The van der Waals surface area contributed by atoms with Crippen molar-refractivity contribution in [1.82, 2.24) is 10.3 Å². The molecule has 1 rings (SSSR count).